The maximum absolute atomic E-state index is 5.55. The first-order valence-corrected chi connectivity index (χ1v) is 5.30. The maximum Gasteiger partial charge on any atom is 0.102 e. The summed E-state index contributed by atoms with van der Waals surface area (Å²) < 4.78 is 10.9. The second-order valence-corrected chi connectivity index (χ2v) is 3.70. The third-order valence-electron chi connectivity index (χ3n) is 2.51. The molecule has 1 saturated heterocycles. The molecular formula is C13H16O2. The fourth-order valence-corrected chi connectivity index (χ4v) is 1.56. The summed E-state index contributed by atoms with van der Waals surface area (Å²) in [5.41, 5.74) is 1.22. The van der Waals surface area contributed by atoms with E-state index in [1.807, 2.05) is 24.3 Å². The van der Waals surface area contributed by atoms with Gasteiger partial charge in [-0.2, -0.15) is 0 Å². The smallest absolute Gasteiger partial charge is 0.102 e. The van der Waals surface area contributed by atoms with E-state index < -0.39 is 0 Å². The van der Waals surface area contributed by atoms with Gasteiger partial charge < -0.3 is 9.47 Å². The first-order chi connectivity index (χ1) is 7.40. The molecule has 1 heterocycles. The van der Waals surface area contributed by atoms with E-state index in [1.54, 1.807) is 0 Å². The number of hydrogen-bond acceptors (Lipinski definition) is 2. The molecule has 0 amide bonds. The Morgan fingerprint density at radius 2 is 2.13 bits per heavy atom. The first kappa shape index (κ1) is 10.4. The Hall–Kier alpha value is -1.12. The molecule has 0 aliphatic carbocycles. The predicted octanol–water partition coefficient (Wildman–Crippen LogP) is 2.55. The van der Waals surface area contributed by atoms with Crippen LogP contribution in [-0.4, -0.2) is 18.8 Å². The predicted molar refractivity (Wildman–Crippen MR) is 59.6 cm³/mol. The zero-order chi connectivity index (χ0) is 10.5. The highest BCUT2D eigenvalue weighted by atomic mass is 16.6. The molecule has 0 bridgehead atoms. The SMILES string of the molecule is C=CC1OC1CCOCc1ccccc1. The van der Waals surface area contributed by atoms with Gasteiger partial charge in [-0.1, -0.05) is 36.4 Å². The van der Waals surface area contributed by atoms with Crippen molar-refractivity contribution in [3.05, 3.63) is 48.6 Å². The fraction of sp³-hybridized carbons (Fsp3) is 0.385. The van der Waals surface area contributed by atoms with Crippen LogP contribution < -0.4 is 0 Å². The molecule has 80 valence electrons. The van der Waals surface area contributed by atoms with Crippen LogP contribution in [0.4, 0.5) is 0 Å². The molecule has 1 aliphatic heterocycles. The third-order valence-corrected chi connectivity index (χ3v) is 2.51. The lowest BCUT2D eigenvalue weighted by Crippen LogP contribution is -2.00. The van der Waals surface area contributed by atoms with E-state index in [0.29, 0.717) is 12.7 Å². The van der Waals surface area contributed by atoms with Gasteiger partial charge >= 0.3 is 0 Å². The number of hydrogen-bond donors (Lipinski definition) is 0. The molecule has 0 radical (unpaired) electrons. The molecule has 1 aromatic carbocycles. The Labute approximate surface area is 90.5 Å². The molecule has 1 aliphatic rings. The average Bonchev–Trinajstić information content (AvgIpc) is 3.05. The molecule has 0 N–H and O–H groups in total. The van der Waals surface area contributed by atoms with Gasteiger partial charge in [0.25, 0.3) is 0 Å². The lowest BCUT2D eigenvalue weighted by molar-refractivity contribution is 0.113. The number of ether oxygens (including phenoxy) is 2. The highest BCUT2D eigenvalue weighted by molar-refractivity contribution is 5.13. The monoisotopic (exact) mass is 204 g/mol. The molecule has 0 spiro atoms. The van der Waals surface area contributed by atoms with E-state index in [-0.39, 0.29) is 6.10 Å². The van der Waals surface area contributed by atoms with E-state index in [1.165, 1.54) is 5.56 Å². The topological polar surface area (TPSA) is 21.8 Å². The molecule has 2 rings (SSSR count). The summed E-state index contributed by atoms with van der Waals surface area (Å²) in [6.07, 6.45) is 3.43. The Morgan fingerprint density at radius 3 is 2.80 bits per heavy atom. The largest absolute Gasteiger partial charge is 0.377 e. The zero-order valence-electron chi connectivity index (χ0n) is 8.76. The minimum Gasteiger partial charge on any atom is -0.377 e. The maximum atomic E-state index is 5.55. The summed E-state index contributed by atoms with van der Waals surface area (Å²) in [6, 6.07) is 10.2. The Kier molecular flexibility index (Phi) is 3.54. The Balaban J connectivity index is 1.58. The highest BCUT2D eigenvalue weighted by Gasteiger charge is 2.35. The van der Waals surface area contributed by atoms with E-state index >= 15 is 0 Å². The average molecular weight is 204 g/mol. The highest BCUT2D eigenvalue weighted by Crippen LogP contribution is 2.25. The van der Waals surface area contributed by atoms with Crippen LogP contribution in [0.3, 0.4) is 0 Å². The molecule has 2 nitrogen and oxygen atoms in total. The van der Waals surface area contributed by atoms with Crippen molar-refractivity contribution in [2.45, 2.75) is 25.2 Å². The van der Waals surface area contributed by atoms with Crippen molar-refractivity contribution < 1.29 is 9.47 Å². The first-order valence-electron chi connectivity index (χ1n) is 5.30. The quantitative estimate of drug-likeness (QED) is 0.403. The molecular weight excluding hydrogens is 188 g/mol. The van der Waals surface area contributed by atoms with Crippen LogP contribution in [0.2, 0.25) is 0 Å². The van der Waals surface area contributed by atoms with Crippen LogP contribution in [0.25, 0.3) is 0 Å². The van der Waals surface area contributed by atoms with Gasteiger partial charge in [-0.05, 0) is 12.0 Å². The summed E-state index contributed by atoms with van der Waals surface area (Å²) in [5, 5.41) is 0. The van der Waals surface area contributed by atoms with Crippen LogP contribution in [0.1, 0.15) is 12.0 Å². The second kappa shape index (κ2) is 5.10. The van der Waals surface area contributed by atoms with Crippen molar-refractivity contribution in [3.8, 4) is 0 Å². The summed E-state index contributed by atoms with van der Waals surface area (Å²) in [7, 11) is 0. The van der Waals surface area contributed by atoms with Crippen molar-refractivity contribution in [2.24, 2.45) is 0 Å². The van der Waals surface area contributed by atoms with Gasteiger partial charge in [0.2, 0.25) is 0 Å². The molecule has 2 atom stereocenters. The van der Waals surface area contributed by atoms with Crippen molar-refractivity contribution in [1.82, 2.24) is 0 Å². The fourth-order valence-electron chi connectivity index (χ4n) is 1.56. The van der Waals surface area contributed by atoms with Gasteiger partial charge in [0.1, 0.15) is 6.10 Å². The van der Waals surface area contributed by atoms with E-state index in [2.05, 4.69) is 18.7 Å². The van der Waals surface area contributed by atoms with Gasteiger partial charge in [-0.3, -0.25) is 0 Å². The van der Waals surface area contributed by atoms with Crippen molar-refractivity contribution in [2.75, 3.05) is 6.61 Å². The lowest BCUT2D eigenvalue weighted by Gasteiger charge is -2.02. The normalized spacial score (nSPS) is 23.7. The minimum atomic E-state index is 0.269. The van der Waals surface area contributed by atoms with Crippen LogP contribution in [0.15, 0.2) is 43.0 Å². The van der Waals surface area contributed by atoms with E-state index in [0.717, 1.165) is 13.0 Å². The van der Waals surface area contributed by atoms with Gasteiger partial charge in [-0.25, -0.2) is 0 Å². The number of rotatable bonds is 6. The summed E-state index contributed by atoms with van der Waals surface area (Å²) in [5.74, 6) is 0. The molecule has 2 unspecified atom stereocenters. The van der Waals surface area contributed by atoms with Gasteiger partial charge in [0.15, 0.2) is 0 Å². The van der Waals surface area contributed by atoms with Crippen LogP contribution in [0.5, 0.6) is 0 Å². The van der Waals surface area contributed by atoms with E-state index in [4.69, 9.17) is 9.47 Å². The van der Waals surface area contributed by atoms with Gasteiger partial charge in [-0.15, -0.1) is 6.58 Å². The molecule has 15 heavy (non-hydrogen) atoms. The van der Waals surface area contributed by atoms with E-state index in [9.17, 15) is 0 Å². The van der Waals surface area contributed by atoms with Gasteiger partial charge in [0.05, 0.1) is 12.7 Å². The molecule has 2 heteroatoms. The second-order valence-electron chi connectivity index (χ2n) is 3.70. The Morgan fingerprint density at radius 1 is 1.33 bits per heavy atom. The summed E-state index contributed by atoms with van der Waals surface area (Å²) in [6.45, 7) is 5.12. The lowest BCUT2D eigenvalue weighted by atomic mass is 10.2. The van der Waals surface area contributed by atoms with Crippen LogP contribution >= 0.6 is 0 Å². The molecule has 0 saturated carbocycles. The van der Waals surface area contributed by atoms with Gasteiger partial charge in [0, 0.05) is 6.61 Å². The van der Waals surface area contributed by atoms with Crippen LogP contribution in [0, 0.1) is 0 Å². The third kappa shape index (κ3) is 3.18. The summed E-state index contributed by atoms with van der Waals surface area (Å²) in [4.78, 5) is 0. The van der Waals surface area contributed by atoms with Crippen LogP contribution in [-0.2, 0) is 16.1 Å². The molecule has 1 aromatic rings. The standard InChI is InChI=1S/C13H16O2/c1-2-12-13(15-12)8-9-14-10-11-6-4-3-5-7-11/h2-7,12-13H,1,8-10H2. The van der Waals surface area contributed by atoms with Crippen molar-refractivity contribution in [3.63, 3.8) is 0 Å². The van der Waals surface area contributed by atoms with Crippen molar-refractivity contribution >= 4 is 0 Å². The van der Waals surface area contributed by atoms with Crippen molar-refractivity contribution in [1.29, 1.82) is 0 Å². The minimum absolute atomic E-state index is 0.269. The Bertz CT molecular complexity index is 308. The number of benzene rings is 1. The number of epoxide rings is 1. The molecule has 1 fully saturated rings. The zero-order valence-corrected chi connectivity index (χ0v) is 8.76. The molecule has 0 aromatic heterocycles. The summed E-state index contributed by atoms with van der Waals surface area (Å²) >= 11 is 0.